The lowest BCUT2D eigenvalue weighted by atomic mass is 9.94. The summed E-state index contributed by atoms with van der Waals surface area (Å²) in [6.45, 7) is 9.78. The van der Waals surface area contributed by atoms with Gasteiger partial charge in [-0.3, -0.25) is 9.69 Å². The predicted octanol–water partition coefficient (Wildman–Crippen LogP) is 1.80. The number of carbonyl (C=O) groups is 1. The van der Waals surface area contributed by atoms with Crippen LogP contribution in [0.5, 0.6) is 0 Å². The Labute approximate surface area is 134 Å². The first-order valence-corrected chi connectivity index (χ1v) is 8.18. The standard InChI is InChI=1S/C18H29N3O/c1-14(11-19-4)17(22)20-13-18(2,3)21-10-9-15-7-5-6-8-16(15)12-21/h5-8,14,19H,9-13H2,1-4H3,(H,20,22). The fourth-order valence-electron chi connectivity index (χ4n) is 3.00. The molecule has 0 bridgehead atoms. The molecule has 1 amide bonds. The third-order valence-corrected chi connectivity index (χ3v) is 4.64. The van der Waals surface area contributed by atoms with E-state index < -0.39 is 0 Å². The van der Waals surface area contributed by atoms with Crippen molar-refractivity contribution in [3.63, 3.8) is 0 Å². The van der Waals surface area contributed by atoms with Crippen LogP contribution in [-0.2, 0) is 17.8 Å². The van der Waals surface area contributed by atoms with Crippen molar-refractivity contribution in [1.29, 1.82) is 0 Å². The molecule has 1 atom stereocenters. The second-order valence-corrected chi connectivity index (χ2v) is 6.93. The van der Waals surface area contributed by atoms with E-state index in [1.54, 1.807) is 0 Å². The van der Waals surface area contributed by atoms with Gasteiger partial charge in [0.25, 0.3) is 0 Å². The van der Waals surface area contributed by atoms with Gasteiger partial charge >= 0.3 is 0 Å². The van der Waals surface area contributed by atoms with E-state index in [9.17, 15) is 4.79 Å². The highest BCUT2D eigenvalue weighted by atomic mass is 16.1. The van der Waals surface area contributed by atoms with Gasteiger partial charge in [0.05, 0.1) is 0 Å². The third kappa shape index (κ3) is 4.08. The molecular weight excluding hydrogens is 274 g/mol. The molecule has 2 N–H and O–H groups in total. The monoisotopic (exact) mass is 303 g/mol. The Hall–Kier alpha value is -1.39. The molecule has 0 aliphatic carbocycles. The number of carbonyl (C=O) groups excluding carboxylic acids is 1. The molecule has 0 spiro atoms. The lowest BCUT2D eigenvalue weighted by Gasteiger charge is -2.41. The minimum Gasteiger partial charge on any atom is -0.354 e. The Morgan fingerprint density at radius 1 is 1.32 bits per heavy atom. The highest BCUT2D eigenvalue weighted by molar-refractivity contribution is 5.78. The quantitative estimate of drug-likeness (QED) is 0.842. The van der Waals surface area contributed by atoms with E-state index >= 15 is 0 Å². The Kier molecular flexibility index (Phi) is 5.59. The molecule has 2 rings (SSSR count). The normalized spacial score (nSPS) is 16.9. The Morgan fingerprint density at radius 2 is 2.00 bits per heavy atom. The van der Waals surface area contributed by atoms with Crippen LogP contribution < -0.4 is 10.6 Å². The maximum Gasteiger partial charge on any atom is 0.224 e. The number of rotatable bonds is 6. The zero-order valence-corrected chi connectivity index (χ0v) is 14.3. The molecule has 1 unspecified atom stereocenters. The van der Waals surface area contributed by atoms with Crippen LogP contribution in [0, 0.1) is 5.92 Å². The van der Waals surface area contributed by atoms with Crippen molar-refractivity contribution >= 4 is 5.91 Å². The van der Waals surface area contributed by atoms with E-state index in [1.165, 1.54) is 11.1 Å². The van der Waals surface area contributed by atoms with Crippen molar-refractivity contribution in [2.75, 3.05) is 26.7 Å². The van der Waals surface area contributed by atoms with Crippen LogP contribution >= 0.6 is 0 Å². The zero-order valence-electron chi connectivity index (χ0n) is 14.3. The first-order chi connectivity index (χ1) is 10.4. The van der Waals surface area contributed by atoms with Crippen molar-refractivity contribution < 1.29 is 4.79 Å². The Balaban J connectivity index is 1.92. The molecule has 22 heavy (non-hydrogen) atoms. The number of hydrogen-bond donors (Lipinski definition) is 2. The van der Waals surface area contributed by atoms with Crippen LogP contribution in [-0.4, -0.2) is 43.0 Å². The molecule has 122 valence electrons. The smallest absolute Gasteiger partial charge is 0.224 e. The summed E-state index contributed by atoms with van der Waals surface area (Å²) in [4.78, 5) is 14.6. The molecule has 4 heteroatoms. The largest absolute Gasteiger partial charge is 0.354 e. The maximum atomic E-state index is 12.1. The fourth-order valence-corrected chi connectivity index (χ4v) is 3.00. The number of amides is 1. The third-order valence-electron chi connectivity index (χ3n) is 4.64. The van der Waals surface area contributed by atoms with Crippen molar-refractivity contribution in [1.82, 2.24) is 15.5 Å². The predicted molar refractivity (Wildman–Crippen MR) is 90.7 cm³/mol. The van der Waals surface area contributed by atoms with E-state index in [1.807, 2.05) is 14.0 Å². The number of fused-ring (bicyclic) bond motifs is 1. The summed E-state index contributed by atoms with van der Waals surface area (Å²) >= 11 is 0. The summed E-state index contributed by atoms with van der Waals surface area (Å²) in [7, 11) is 1.87. The minimum atomic E-state index is -0.0391. The van der Waals surface area contributed by atoms with Gasteiger partial charge in [-0.25, -0.2) is 0 Å². The molecule has 0 radical (unpaired) electrons. The summed E-state index contributed by atoms with van der Waals surface area (Å²) in [5.74, 6) is 0.128. The maximum absolute atomic E-state index is 12.1. The van der Waals surface area contributed by atoms with E-state index in [0.29, 0.717) is 13.1 Å². The lowest BCUT2D eigenvalue weighted by Crippen LogP contribution is -2.53. The van der Waals surface area contributed by atoms with Gasteiger partial charge in [0.2, 0.25) is 5.91 Å². The van der Waals surface area contributed by atoms with Crippen LogP contribution in [0.25, 0.3) is 0 Å². The topological polar surface area (TPSA) is 44.4 Å². The molecule has 0 saturated heterocycles. The van der Waals surface area contributed by atoms with E-state index in [2.05, 4.69) is 53.6 Å². The second kappa shape index (κ2) is 7.25. The molecular formula is C18H29N3O. The lowest BCUT2D eigenvalue weighted by molar-refractivity contribution is -0.125. The average molecular weight is 303 g/mol. The second-order valence-electron chi connectivity index (χ2n) is 6.93. The van der Waals surface area contributed by atoms with Gasteiger partial charge in [-0.2, -0.15) is 0 Å². The van der Waals surface area contributed by atoms with Crippen LogP contribution in [0.2, 0.25) is 0 Å². The first-order valence-electron chi connectivity index (χ1n) is 8.18. The minimum absolute atomic E-state index is 0.00267. The number of nitrogens with one attached hydrogen (secondary N) is 2. The van der Waals surface area contributed by atoms with Crippen LogP contribution in [0.15, 0.2) is 24.3 Å². The number of hydrogen-bond acceptors (Lipinski definition) is 3. The molecule has 1 aromatic carbocycles. The van der Waals surface area contributed by atoms with Crippen LogP contribution in [0.3, 0.4) is 0 Å². The average Bonchev–Trinajstić information content (AvgIpc) is 2.52. The summed E-state index contributed by atoms with van der Waals surface area (Å²) in [6, 6.07) is 8.66. The van der Waals surface area contributed by atoms with Gasteiger partial charge in [0.15, 0.2) is 0 Å². The van der Waals surface area contributed by atoms with Crippen LogP contribution in [0.4, 0.5) is 0 Å². The van der Waals surface area contributed by atoms with Gasteiger partial charge in [0, 0.05) is 37.6 Å². The van der Waals surface area contributed by atoms with Gasteiger partial charge in [-0.15, -0.1) is 0 Å². The van der Waals surface area contributed by atoms with Gasteiger partial charge in [-0.1, -0.05) is 31.2 Å². The fraction of sp³-hybridized carbons (Fsp3) is 0.611. The highest BCUT2D eigenvalue weighted by Crippen LogP contribution is 2.24. The van der Waals surface area contributed by atoms with E-state index in [-0.39, 0.29) is 17.4 Å². The molecule has 0 saturated carbocycles. The zero-order chi connectivity index (χ0) is 16.2. The molecule has 0 aromatic heterocycles. The Morgan fingerprint density at radius 3 is 2.68 bits per heavy atom. The Bertz CT molecular complexity index is 513. The molecule has 1 aliphatic heterocycles. The SMILES string of the molecule is CNCC(C)C(=O)NCC(C)(C)N1CCc2ccccc2C1. The van der Waals surface area contributed by atoms with Crippen molar-refractivity contribution in [2.24, 2.45) is 5.92 Å². The van der Waals surface area contributed by atoms with Crippen molar-refractivity contribution in [3.05, 3.63) is 35.4 Å². The molecule has 1 aliphatic rings. The summed E-state index contributed by atoms with van der Waals surface area (Å²) < 4.78 is 0. The van der Waals surface area contributed by atoms with Gasteiger partial charge in [-0.05, 0) is 38.4 Å². The number of nitrogens with zero attached hydrogens (tertiary/aromatic N) is 1. The highest BCUT2D eigenvalue weighted by Gasteiger charge is 2.30. The molecule has 0 fully saturated rings. The summed E-state index contributed by atoms with van der Waals surface area (Å²) in [6.07, 6.45) is 1.09. The van der Waals surface area contributed by atoms with E-state index in [0.717, 1.165) is 19.5 Å². The molecule has 1 aromatic rings. The van der Waals surface area contributed by atoms with Crippen molar-refractivity contribution in [3.8, 4) is 0 Å². The summed E-state index contributed by atoms with van der Waals surface area (Å²) in [5, 5.41) is 6.16. The van der Waals surface area contributed by atoms with E-state index in [4.69, 9.17) is 0 Å². The summed E-state index contributed by atoms with van der Waals surface area (Å²) in [5.41, 5.74) is 2.83. The molecule has 1 heterocycles. The van der Waals surface area contributed by atoms with Gasteiger partial charge in [0.1, 0.15) is 0 Å². The van der Waals surface area contributed by atoms with Gasteiger partial charge < -0.3 is 10.6 Å². The van der Waals surface area contributed by atoms with Crippen molar-refractivity contribution in [2.45, 2.75) is 39.3 Å². The van der Waals surface area contributed by atoms with Crippen LogP contribution in [0.1, 0.15) is 31.9 Å². The number of benzene rings is 1. The first kappa shape index (κ1) is 17.0. The molecule has 4 nitrogen and oxygen atoms in total.